The minimum absolute atomic E-state index is 0.229. The van der Waals surface area contributed by atoms with Gasteiger partial charge in [-0.15, -0.1) is 0 Å². The molecule has 1 fully saturated rings. The first-order valence-corrected chi connectivity index (χ1v) is 8.36. The number of likely N-dealkylation sites (tertiary alicyclic amines) is 1. The van der Waals surface area contributed by atoms with Crippen molar-refractivity contribution in [3.8, 4) is 0 Å². The summed E-state index contributed by atoms with van der Waals surface area (Å²) < 4.78 is 0. The maximum Gasteiger partial charge on any atom is 0.222 e. The van der Waals surface area contributed by atoms with E-state index >= 15 is 0 Å². The van der Waals surface area contributed by atoms with E-state index in [0.717, 1.165) is 32.5 Å². The molecule has 0 bridgehead atoms. The van der Waals surface area contributed by atoms with Crippen LogP contribution in [0, 0.1) is 17.3 Å². The predicted octanol–water partition coefficient (Wildman–Crippen LogP) is 2.19. The van der Waals surface area contributed by atoms with Crippen molar-refractivity contribution in [1.82, 2.24) is 9.80 Å². The standard InChI is InChI=1S/C17H35N3O/c1-17(2,3)15(8-10-18)6-7-16(21)20(5)13-14-9-11-19(4)12-14/h14-15H,6-13,18H2,1-5H3. The Morgan fingerprint density at radius 1 is 1.38 bits per heavy atom. The summed E-state index contributed by atoms with van der Waals surface area (Å²) in [7, 11) is 4.11. The van der Waals surface area contributed by atoms with Crippen molar-refractivity contribution in [2.75, 3.05) is 40.3 Å². The fourth-order valence-corrected chi connectivity index (χ4v) is 3.36. The lowest BCUT2D eigenvalue weighted by Gasteiger charge is -2.31. The van der Waals surface area contributed by atoms with E-state index in [1.54, 1.807) is 0 Å². The molecule has 0 aromatic rings. The molecule has 1 amide bonds. The van der Waals surface area contributed by atoms with Gasteiger partial charge in [-0.1, -0.05) is 20.8 Å². The largest absolute Gasteiger partial charge is 0.345 e. The lowest BCUT2D eigenvalue weighted by molar-refractivity contribution is -0.130. The lowest BCUT2D eigenvalue weighted by atomic mass is 9.76. The van der Waals surface area contributed by atoms with Gasteiger partial charge in [0.15, 0.2) is 0 Å². The quantitative estimate of drug-likeness (QED) is 0.783. The van der Waals surface area contributed by atoms with Gasteiger partial charge in [0.1, 0.15) is 0 Å². The van der Waals surface area contributed by atoms with Gasteiger partial charge >= 0.3 is 0 Å². The van der Waals surface area contributed by atoms with Crippen molar-refractivity contribution < 1.29 is 4.79 Å². The van der Waals surface area contributed by atoms with Crippen LogP contribution in [0.3, 0.4) is 0 Å². The molecule has 1 heterocycles. The maximum absolute atomic E-state index is 12.3. The second kappa shape index (κ2) is 8.14. The predicted molar refractivity (Wildman–Crippen MR) is 89.1 cm³/mol. The van der Waals surface area contributed by atoms with Crippen molar-refractivity contribution >= 4 is 5.91 Å². The Morgan fingerprint density at radius 2 is 2.05 bits per heavy atom. The Labute approximate surface area is 131 Å². The molecule has 124 valence electrons. The summed E-state index contributed by atoms with van der Waals surface area (Å²) in [6.07, 6.45) is 3.83. The molecule has 1 aliphatic rings. The van der Waals surface area contributed by atoms with Gasteiger partial charge in [0.05, 0.1) is 0 Å². The van der Waals surface area contributed by atoms with E-state index in [9.17, 15) is 4.79 Å². The van der Waals surface area contributed by atoms with Gasteiger partial charge in [0.2, 0.25) is 5.91 Å². The van der Waals surface area contributed by atoms with Gasteiger partial charge in [0, 0.05) is 26.6 Å². The molecule has 1 aliphatic heterocycles. The number of hydrogen-bond donors (Lipinski definition) is 1. The molecule has 1 saturated heterocycles. The molecule has 21 heavy (non-hydrogen) atoms. The fraction of sp³-hybridized carbons (Fsp3) is 0.941. The van der Waals surface area contributed by atoms with Crippen LogP contribution in [0.1, 0.15) is 46.5 Å². The highest BCUT2D eigenvalue weighted by Crippen LogP contribution is 2.32. The third-order valence-electron chi connectivity index (χ3n) is 4.89. The molecule has 0 aromatic carbocycles. The smallest absolute Gasteiger partial charge is 0.222 e. The van der Waals surface area contributed by atoms with Crippen LogP contribution in [-0.4, -0.2) is 56.0 Å². The highest BCUT2D eigenvalue weighted by atomic mass is 16.2. The van der Waals surface area contributed by atoms with Crippen LogP contribution in [0.25, 0.3) is 0 Å². The molecule has 2 unspecified atom stereocenters. The van der Waals surface area contributed by atoms with Crippen LogP contribution in [-0.2, 0) is 4.79 Å². The number of nitrogens with two attached hydrogens (primary N) is 1. The molecule has 0 spiro atoms. The van der Waals surface area contributed by atoms with E-state index < -0.39 is 0 Å². The summed E-state index contributed by atoms with van der Waals surface area (Å²) in [5, 5.41) is 0. The minimum atomic E-state index is 0.229. The zero-order chi connectivity index (χ0) is 16.0. The SMILES string of the molecule is CN1CCC(CN(C)C(=O)CCC(CCN)C(C)(C)C)C1. The number of carbonyl (C=O) groups excluding carboxylic acids is 1. The van der Waals surface area contributed by atoms with Gasteiger partial charge in [0.25, 0.3) is 0 Å². The van der Waals surface area contributed by atoms with Crippen LogP contribution >= 0.6 is 0 Å². The molecule has 0 aliphatic carbocycles. The summed E-state index contributed by atoms with van der Waals surface area (Å²) in [4.78, 5) is 16.6. The molecular weight excluding hydrogens is 262 g/mol. The highest BCUT2D eigenvalue weighted by Gasteiger charge is 2.26. The van der Waals surface area contributed by atoms with Crippen LogP contribution < -0.4 is 5.73 Å². The molecule has 2 atom stereocenters. The van der Waals surface area contributed by atoms with E-state index in [4.69, 9.17) is 5.73 Å². The number of nitrogens with zero attached hydrogens (tertiary/aromatic N) is 2. The monoisotopic (exact) mass is 297 g/mol. The Kier molecular flexibility index (Phi) is 7.14. The van der Waals surface area contributed by atoms with E-state index in [-0.39, 0.29) is 11.3 Å². The summed E-state index contributed by atoms with van der Waals surface area (Å²) >= 11 is 0. The van der Waals surface area contributed by atoms with Gasteiger partial charge in [-0.2, -0.15) is 0 Å². The van der Waals surface area contributed by atoms with Crippen LogP contribution in [0.15, 0.2) is 0 Å². The number of carbonyl (C=O) groups is 1. The normalized spacial score (nSPS) is 21.5. The van der Waals surface area contributed by atoms with Gasteiger partial charge in [-0.25, -0.2) is 0 Å². The van der Waals surface area contributed by atoms with Crippen LogP contribution in [0.2, 0.25) is 0 Å². The van der Waals surface area contributed by atoms with E-state index in [1.807, 2.05) is 11.9 Å². The topological polar surface area (TPSA) is 49.6 Å². The third kappa shape index (κ3) is 6.35. The highest BCUT2D eigenvalue weighted by molar-refractivity contribution is 5.75. The second-order valence-corrected chi connectivity index (χ2v) is 7.87. The second-order valence-electron chi connectivity index (χ2n) is 7.87. The molecule has 2 N–H and O–H groups in total. The molecule has 1 rings (SSSR count). The van der Waals surface area contributed by atoms with E-state index in [1.165, 1.54) is 6.42 Å². The summed E-state index contributed by atoms with van der Waals surface area (Å²) in [5.41, 5.74) is 5.94. The molecule has 0 saturated carbocycles. The zero-order valence-electron chi connectivity index (χ0n) is 14.7. The number of hydrogen-bond acceptors (Lipinski definition) is 3. The summed E-state index contributed by atoms with van der Waals surface area (Å²) in [5.74, 6) is 1.46. The van der Waals surface area contributed by atoms with Crippen molar-refractivity contribution in [3.63, 3.8) is 0 Å². The first-order chi connectivity index (χ1) is 9.74. The van der Waals surface area contributed by atoms with Crippen LogP contribution in [0.5, 0.6) is 0 Å². The van der Waals surface area contributed by atoms with Gasteiger partial charge < -0.3 is 15.5 Å². The molecule has 0 aromatic heterocycles. The average Bonchev–Trinajstić information content (AvgIpc) is 2.78. The van der Waals surface area contributed by atoms with Crippen molar-refractivity contribution in [2.45, 2.75) is 46.5 Å². The van der Waals surface area contributed by atoms with Crippen molar-refractivity contribution in [1.29, 1.82) is 0 Å². The first-order valence-electron chi connectivity index (χ1n) is 8.36. The summed E-state index contributed by atoms with van der Waals surface area (Å²) in [6, 6.07) is 0. The number of amides is 1. The van der Waals surface area contributed by atoms with Gasteiger partial charge in [-0.05, 0) is 56.7 Å². The first kappa shape index (κ1) is 18.4. The minimum Gasteiger partial charge on any atom is -0.345 e. The Morgan fingerprint density at radius 3 is 2.52 bits per heavy atom. The number of rotatable bonds is 7. The van der Waals surface area contributed by atoms with E-state index in [0.29, 0.717) is 24.8 Å². The third-order valence-corrected chi connectivity index (χ3v) is 4.89. The summed E-state index contributed by atoms with van der Waals surface area (Å²) in [6.45, 7) is 10.6. The Bertz CT molecular complexity index is 324. The Balaban J connectivity index is 2.37. The van der Waals surface area contributed by atoms with E-state index in [2.05, 4.69) is 32.7 Å². The molecule has 0 radical (unpaired) electrons. The molecular formula is C17H35N3O. The average molecular weight is 297 g/mol. The van der Waals surface area contributed by atoms with Crippen molar-refractivity contribution in [2.24, 2.45) is 23.0 Å². The molecule has 4 heteroatoms. The van der Waals surface area contributed by atoms with Crippen LogP contribution in [0.4, 0.5) is 0 Å². The zero-order valence-corrected chi connectivity index (χ0v) is 14.7. The fourth-order valence-electron chi connectivity index (χ4n) is 3.36. The Hall–Kier alpha value is -0.610. The maximum atomic E-state index is 12.3. The lowest BCUT2D eigenvalue weighted by Crippen LogP contribution is -2.33. The van der Waals surface area contributed by atoms with Gasteiger partial charge in [-0.3, -0.25) is 4.79 Å². The van der Waals surface area contributed by atoms with Crippen molar-refractivity contribution in [3.05, 3.63) is 0 Å². The molecule has 4 nitrogen and oxygen atoms in total.